The monoisotopic (exact) mass is 747 g/mol. The molecule has 11 nitrogen and oxygen atoms in total. The van der Waals surface area contributed by atoms with Crippen LogP contribution in [0.3, 0.4) is 0 Å². The molecule has 2 N–H and O–H groups in total. The van der Waals surface area contributed by atoms with Crippen molar-refractivity contribution in [2.24, 2.45) is 5.92 Å². The summed E-state index contributed by atoms with van der Waals surface area (Å²) in [5.74, 6) is -4.21. The molecule has 4 aromatic rings. The van der Waals surface area contributed by atoms with Gasteiger partial charge in [-0.1, -0.05) is 54.6 Å². The number of methoxy groups -OCH3 is 1. The predicted molar refractivity (Wildman–Crippen MR) is 189 cm³/mol. The molecule has 1 aliphatic carbocycles. The number of carbonyl (C=O) groups is 2. The van der Waals surface area contributed by atoms with Gasteiger partial charge in [0.2, 0.25) is 11.7 Å². The normalized spacial score (nSPS) is 15.5. The maximum Gasteiger partial charge on any atom is 0.415 e. The molecule has 1 unspecified atom stereocenters. The second kappa shape index (κ2) is 17.6. The summed E-state index contributed by atoms with van der Waals surface area (Å²) in [6.07, 6.45) is 3.86. The minimum atomic E-state index is -1.36. The number of amides is 2. The summed E-state index contributed by atoms with van der Waals surface area (Å²) in [5, 5.41) is 17.3. The number of carbonyl (C=O) groups excluding carboxylic acids is 2. The highest BCUT2D eigenvalue weighted by Crippen LogP contribution is 2.36. The number of hydrogen-bond donors (Lipinski definition) is 2. The highest BCUT2D eigenvalue weighted by atomic mass is 19.2. The van der Waals surface area contributed by atoms with Crippen LogP contribution in [-0.4, -0.2) is 70.5 Å². The largest absolute Gasteiger partial charge is 0.497 e. The van der Waals surface area contributed by atoms with Gasteiger partial charge in [-0.05, 0) is 89.9 Å². The summed E-state index contributed by atoms with van der Waals surface area (Å²) in [7, 11) is 1.59. The molecule has 2 aliphatic rings. The van der Waals surface area contributed by atoms with E-state index in [0.717, 1.165) is 41.2 Å². The number of ether oxygens (including phenoxy) is 3. The van der Waals surface area contributed by atoms with Crippen molar-refractivity contribution < 1.29 is 52.2 Å². The molecule has 0 bridgehead atoms. The Morgan fingerprint density at radius 2 is 1.57 bits per heavy atom. The zero-order valence-corrected chi connectivity index (χ0v) is 29.5. The van der Waals surface area contributed by atoms with Gasteiger partial charge in [0.25, 0.3) is 0 Å². The maximum atomic E-state index is 14.6. The topological polar surface area (TPSA) is 121 Å². The average molecular weight is 748 g/mol. The van der Waals surface area contributed by atoms with Crippen molar-refractivity contribution in [1.82, 2.24) is 15.2 Å². The van der Waals surface area contributed by atoms with Gasteiger partial charge in [0, 0.05) is 25.7 Å². The van der Waals surface area contributed by atoms with E-state index >= 15 is 0 Å². The molecule has 1 fully saturated rings. The van der Waals surface area contributed by atoms with Crippen LogP contribution in [0.5, 0.6) is 17.2 Å². The fraction of sp³-hybridized carbons (Fsp3) is 0.300. The van der Waals surface area contributed by atoms with Crippen molar-refractivity contribution in [1.29, 1.82) is 0 Å². The molecule has 0 radical (unpaired) electrons. The number of rotatable bonds is 15. The first-order chi connectivity index (χ1) is 26.1. The summed E-state index contributed by atoms with van der Waals surface area (Å²) in [4.78, 5) is 36.1. The third kappa shape index (κ3) is 9.76. The van der Waals surface area contributed by atoms with Crippen LogP contribution in [-0.2, 0) is 29.2 Å². The molecular weight excluding hydrogens is 707 g/mol. The second-order valence-electron chi connectivity index (χ2n) is 13.0. The first-order valence-electron chi connectivity index (χ1n) is 17.4. The first-order valence-corrected chi connectivity index (χ1v) is 17.4. The molecule has 0 aromatic heterocycles. The highest BCUT2D eigenvalue weighted by molar-refractivity contribution is 5.94. The van der Waals surface area contributed by atoms with E-state index in [4.69, 9.17) is 24.6 Å². The first kappa shape index (κ1) is 38.3. The van der Waals surface area contributed by atoms with Crippen molar-refractivity contribution in [3.8, 4) is 17.2 Å². The number of aryl methyl sites for hydroxylation is 1. The van der Waals surface area contributed by atoms with Crippen LogP contribution in [0, 0.1) is 23.4 Å². The molecule has 54 heavy (non-hydrogen) atoms. The van der Waals surface area contributed by atoms with Gasteiger partial charge in [-0.2, -0.15) is 4.39 Å². The Balaban J connectivity index is 1.18. The van der Waals surface area contributed by atoms with Crippen LogP contribution in [0.2, 0.25) is 0 Å². The third-order valence-electron chi connectivity index (χ3n) is 9.22. The van der Waals surface area contributed by atoms with Crippen LogP contribution < -0.4 is 14.2 Å². The fourth-order valence-corrected chi connectivity index (χ4v) is 6.32. The van der Waals surface area contributed by atoms with Crippen LogP contribution >= 0.6 is 0 Å². The van der Waals surface area contributed by atoms with E-state index in [-0.39, 0.29) is 44.0 Å². The summed E-state index contributed by atoms with van der Waals surface area (Å²) in [6.45, 7) is 0.392. The minimum Gasteiger partial charge on any atom is -0.497 e. The molecule has 6 rings (SSSR count). The van der Waals surface area contributed by atoms with Gasteiger partial charge >= 0.3 is 6.09 Å². The Labute approximate surface area is 310 Å². The van der Waals surface area contributed by atoms with Gasteiger partial charge in [-0.3, -0.25) is 15.2 Å². The molecule has 1 saturated carbocycles. The van der Waals surface area contributed by atoms with Crippen LogP contribution in [0.25, 0.3) is 5.57 Å². The number of halogens is 3. The second-order valence-corrected chi connectivity index (χ2v) is 13.0. The van der Waals surface area contributed by atoms with Gasteiger partial charge in [-0.25, -0.2) is 18.4 Å². The van der Waals surface area contributed by atoms with E-state index < -0.39 is 40.6 Å². The van der Waals surface area contributed by atoms with E-state index in [1.807, 2.05) is 59.5 Å². The molecule has 284 valence electrons. The van der Waals surface area contributed by atoms with Gasteiger partial charge in [0.1, 0.15) is 11.5 Å². The molecule has 1 atom stereocenters. The number of benzene rings is 4. The summed E-state index contributed by atoms with van der Waals surface area (Å²) in [5.41, 5.74) is 3.92. The third-order valence-corrected chi connectivity index (χ3v) is 9.22. The zero-order chi connectivity index (χ0) is 38.2. The van der Waals surface area contributed by atoms with Crippen molar-refractivity contribution in [2.45, 2.75) is 44.9 Å². The molecule has 4 aromatic carbocycles. The van der Waals surface area contributed by atoms with Gasteiger partial charge in [0.05, 0.1) is 31.6 Å². The van der Waals surface area contributed by atoms with Crippen molar-refractivity contribution in [3.63, 3.8) is 0 Å². The van der Waals surface area contributed by atoms with Crippen molar-refractivity contribution in [2.75, 3.05) is 26.8 Å². The lowest BCUT2D eigenvalue weighted by molar-refractivity contribution is -0.497. The summed E-state index contributed by atoms with van der Waals surface area (Å²) >= 11 is 0. The summed E-state index contributed by atoms with van der Waals surface area (Å²) < 4.78 is 57.7. The lowest BCUT2D eigenvalue weighted by Crippen LogP contribution is -2.47. The van der Waals surface area contributed by atoms with Gasteiger partial charge in [0.15, 0.2) is 17.4 Å². The van der Waals surface area contributed by atoms with Crippen molar-refractivity contribution in [3.05, 3.63) is 131 Å². The van der Waals surface area contributed by atoms with Gasteiger partial charge in [-0.15, -0.1) is 0 Å². The van der Waals surface area contributed by atoms with Crippen LogP contribution in [0.4, 0.5) is 18.0 Å². The molecule has 0 saturated heterocycles. The summed E-state index contributed by atoms with van der Waals surface area (Å²) in [6, 6.07) is 23.2. The molecule has 2 amide bonds. The standard InChI is InChI=1S/C40H40F3N3O8/c1-51-31-8-2-5-27(21-31)23-45(30-14-15-30)39(47)34-24-44(40(48)54-32-9-3-6-28(22-32)25-53-46(49)50)19-18-33(34)29-12-10-26(11-13-29)7-4-20-52-38-36(42)17-16-35(41)37(38)43/h2-3,5-6,8-13,16-18,21-22,30,34,49-50H,4,7,14-15,19-20,23-25H2,1H3. The maximum absolute atomic E-state index is 14.6. The quantitative estimate of drug-likeness (QED) is 0.0731. The van der Waals surface area contributed by atoms with E-state index in [9.17, 15) is 22.8 Å². The van der Waals surface area contributed by atoms with Crippen molar-refractivity contribution >= 4 is 17.6 Å². The molecule has 14 heteroatoms. The Kier molecular flexibility index (Phi) is 12.5. The van der Waals surface area contributed by atoms with E-state index in [2.05, 4.69) is 4.84 Å². The Bertz CT molecular complexity index is 1970. The lowest BCUT2D eigenvalue weighted by atomic mass is 9.87. The number of nitrogens with zero attached hydrogens (tertiary/aromatic N) is 3. The molecule has 0 spiro atoms. The Morgan fingerprint density at radius 3 is 2.30 bits per heavy atom. The Morgan fingerprint density at radius 1 is 0.870 bits per heavy atom. The smallest absolute Gasteiger partial charge is 0.415 e. The van der Waals surface area contributed by atoms with Crippen LogP contribution in [0.15, 0.2) is 91.0 Å². The van der Waals surface area contributed by atoms with Gasteiger partial charge < -0.3 is 24.0 Å². The zero-order valence-electron chi connectivity index (χ0n) is 29.5. The predicted octanol–water partition coefficient (Wildman–Crippen LogP) is 7.34. The SMILES string of the molecule is COc1cccc(CN(C(=O)C2CN(C(=O)Oc3cccc(CON(O)O)c3)CC=C2c2ccc(CCCOc3c(F)ccc(F)c3F)cc2)C2CC2)c1. The average Bonchev–Trinajstić information content (AvgIpc) is 4.03. The number of hydrogen-bond acceptors (Lipinski definition) is 9. The van der Waals surface area contributed by atoms with E-state index in [1.165, 1.54) is 11.0 Å². The minimum absolute atomic E-state index is 0.0288. The lowest BCUT2D eigenvalue weighted by Gasteiger charge is -2.35. The molecular formula is C40H40F3N3O8. The fourth-order valence-electron chi connectivity index (χ4n) is 6.32. The van der Waals surface area contributed by atoms with E-state index in [0.29, 0.717) is 36.8 Å². The Hall–Kier alpha value is -5.41. The van der Waals surface area contributed by atoms with Crippen LogP contribution in [0.1, 0.15) is 41.5 Å². The van der Waals surface area contributed by atoms with E-state index in [1.54, 1.807) is 25.3 Å². The highest BCUT2D eigenvalue weighted by Gasteiger charge is 2.40. The molecule has 1 heterocycles. The molecule has 1 aliphatic heterocycles.